The SMILES string of the molecule is Cc1cccc(/C=C/NC(=O)NCc2cccc(C)c2)c1. The zero-order chi connectivity index (χ0) is 15.1. The van der Waals surface area contributed by atoms with Gasteiger partial charge < -0.3 is 10.6 Å². The van der Waals surface area contributed by atoms with E-state index in [-0.39, 0.29) is 6.03 Å². The quantitative estimate of drug-likeness (QED) is 0.879. The van der Waals surface area contributed by atoms with E-state index in [1.54, 1.807) is 6.20 Å². The number of rotatable bonds is 4. The van der Waals surface area contributed by atoms with Gasteiger partial charge in [-0.1, -0.05) is 59.7 Å². The second-order valence-electron chi connectivity index (χ2n) is 5.06. The summed E-state index contributed by atoms with van der Waals surface area (Å²) in [6, 6.07) is 16.0. The summed E-state index contributed by atoms with van der Waals surface area (Å²) in [6.07, 6.45) is 3.53. The van der Waals surface area contributed by atoms with Crippen LogP contribution in [0.5, 0.6) is 0 Å². The van der Waals surface area contributed by atoms with Gasteiger partial charge in [0, 0.05) is 12.7 Å². The predicted octanol–water partition coefficient (Wildman–Crippen LogP) is 3.77. The van der Waals surface area contributed by atoms with Gasteiger partial charge in [0.25, 0.3) is 0 Å². The average Bonchev–Trinajstić information content (AvgIpc) is 2.45. The molecule has 2 amide bonds. The molecule has 0 spiro atoms. The molecule has 0 unspecified atom stereocenters. The highest BCUT2D eigenvalue weighted by Gasteiger charge is 1.98. The standard InChI is InChI=1S/C18H20N2O/c1-14-5-3-7-16(11-14)9-10-19-18(21)20-13-17-8-4-6-15(2)12-17/h3-12H,13H2,1-2H3,(H2,19,20,21)/b10-9+. The van der Waals surface area contributed by atoms with E-state index in [0.29, 0.717) is 6.54 Å². The largest absolute Gasteiger partial charge is 0.334 e. The maximum absolute atomic E-state index is 11.7. The molecule has 0 aromatic heterocycles. The number of amides is 2. The fourth-order valence-electron chi connectivity index (χ4n) is 2.04. The van der Waals surface area contributed by atoms with Crippen LogP contribution in [-0.2, 0) is 6.54 Å². The zero-order valence-corrected chi connectivity index (χ0v) is 12.4. The number of aryl methyl sites for hydroxylation is 2. The van der Waals surface area contributed by atoms with Gasteiger partial charge in [-0.2, -0.15) is 0 Å². The Kier molecular flexibility index (Phi) is 5.16. The van der Waals surface area contributed by atoms with Crippen LogP contribution in [0.3, 0.4) is 0 Å². The van der Waals surface area contributed by atoms with Crippen LogP contribution >= 0.6 is 0 Å². The van der Waals surface area contributed by atoms with Crippen molar-refractivity contribution >= 4 is 12.1 Å². The van der Waals surface area contributed by atoms with E-state index >= 15 is 0 Å². The summed E-state index contributed by atoms with van der Waals surface area (Å²) in [5.74, 6) is 0. The van der Waals surface area contributed by atoms with E-state index < -0.39 is 0 Å². The van der Waals surface area contributed by atoms with Crippen molar-refractivity contribution in [2.45, 2.75) is 20.4 Å². The van der Waals surface area contributed by atoms with Gasteiger partial charge in [-0.15, -0.1) is 0 Å². The first-order valence-corrected chi connectivity index (χ1v) is 6.96. The van der Waals surface area contributed by atoms with Crippen molar-refractivity contribution in [1.29, 1.82) is 0 Å². The zero-order valence-electron chi connectivity index (χ0n) is 12.4. The number of urea groups is 1. The number of carbonyl (C=O) groups is 1. The number of hydrogen-bond donors (Lipinski definition) is 2. The average molecular weight is 280 g/mol. The number of benzene rings is 2. The van der Waals surface area contributed by atoms with Crippen LogP contribution in [0.2, 0.25) is 0 Å². The van der Waals surface area contributed by atoms with Gasteiger partial charge in [0.1, 0.15) is 0 Å². The Morgan fingerprint density at radius 1 is 1.05 bits per heavy atom. The molecule has 2 rings (SSSR count). The molecule has 0 fully saturated rings. The lowest BCUT2D eigenvalue weighted by molar-refractivity contribution is 0.244. The van der Waals surface area contributed by atoms with E-state index in [2.05, 4.69) is 22.8 Å². The first-order valence-electron chi connectivity index (χ1n) is 6.96. The van der Waals surface area contributed by atoms with Gasteiger partial charge in [-0.3, -0.25) is 0 Å². The molecule has 3 nitrogen and oxygen atoms in total. The van der Waals surface area contributed by atoms with Crippen LogP contribution in [0.25, 0.3) is 6.08 Å². The van der Waals surface area contributed by atoms with Crippen molar-refractivity contribution in [3.63, 3.8) is 0 Å². The molecular formula is C18H20N2O. The van der Waals surface area contributed by atoms with Crippen LogP contribution in [0, 0.1) is 13.8 Å². The molecule has 0 atom stereocenters. The number of nitrogens with one attached hydrogen (secondary N) is 2. The van der Waals surface area contributed by atoms with E-state index in [1.807, 2.05) is 56.3 Å². The Balaban J connectivity index is 1.80. The van der Waals surface area contributed by atoms with Crippen molar-refractivity contribution in [3.05, 3.63) is 77.0 Å². The van der Waals surface area contributed by atoms with E-state index in [9.17, 15) is 4.79 Å². The van der Waals surface area contributed by atoms with E-state index in [4.69, 9.17) is 0 Å². The molecule has 2 aromatic carbocycles. The minimum atomic E-state index is -0.208. The van der Waals surface area contributed by atoms with Crippen molar-refractivity contribution < 1.29 is 4.79 Å². The van der Waals surface area contributed by atoms with Crippen molar-refractivity contribution in [1.82, 2.24) is 10.6 Å². The highest BCUT2D eigenvalue weighted by Crippen LogP contribution is 2.05. The summed E-state index contributed by atoms with van der Waals surface area (Å²) in [7, 11) is 0. The van der Waals surface area contributed by atoms with Gasteiger partial charge in [0.15, 0.2) is 0 Å². The normalized spacial score (nSPS) is 10.6. The third kappa shape index (κ3) is 5.15. The molecule has 0 bridgehead atoms. The maximum Gasteiger partial charge on any atom is 0.319 e. The minimum absolute atomic E-state index is 0.208. The highest BCUT2D eigenvalue weighted by molar-refractivity contribution is 5.75. The van der Waals surface area contributed by atoms with Gasteiger partial charge >= 0.3 is 6.03 Å². The Morgan fingerprint density at radius 2 is 1.76 bits per heavy atom. The first-order chi connectivity index (χ1) is 10.1. The van der Waals surface area contributed by atoms with E-state index in [1.165, 1.54) is 11.1 Å². The smallest absolute Gasteiger partial charge is 0.319 e. The molecule has 3 heteroatoms. The molecule has 0 radical (unpaired) electrons. The summed E-state index contributed by atoms with van der Waals surface area (Å²) in [4.78, 5) is 11.7. The lowest BCUT2D eigenvalue weighted by Crippen LogP contribution is -2.31. The Labute approximate surface area is 125 Å². The van der Waals surface area contributed by atoms with Crippen LogP contribution in [-0.4, -0.2) is 6.03 Å². The van der Waals surface area contributed by atoms with Gasteiger partial charge in [0.2, 0.25) is 0 Å². The summed E-state index contributed by atoms with van der Waals surface area (Å²) in [5.41, 5.74) is 4.54. The lowest BCUT2D eigenvalue weighted by Gasteiger charge is -2.05. The molecule has 0 aliphatic heterocycles. The molecule has 0 saturated carbocycles. The van der Waals surface area contributed by atoms with Crippen LogP contribution in [0.1, 0.15) is 22.3 Å². The Hall–Kier alpha value is -2.55. The number of carbonyl (C=O) groups excluding carboxylic acids is 1. The summed E-state index contributed by atoms with van der Waals surface area (Å²) in [6.45, 7) is 4.60. The van der Waals surface area contributed by atoms with Crippen LogP contribution in [0.4, 0.5) is 4.79 Å². The van der Waals surface area contributed by atoms with E-state index in [0.717, 1.165) is 11.1 Å². The van der Waals surface area contributed by atoms with Gasteiger partial charge in [0.05, 0.1) is 0 Å². The minimum Gasteiger partial charge on any atom is -0.334 e. The van der Waals surface area contributed by atoms with Crippen molar-refractivity contribution in [2.75, 3.05) is 0 Å². The maximum atomic E-state index is 11.7. The fourth-order valence-corrected chi connectivity index (χ4v) is 2.04. The molecule has 0 saturated heterocycles. The molecule has 108 valence electrons. The highest BCUT2D eigenvalue weighted by atomic mass is 16.2. The third-order valence-corrected chi connectivity index (χ3v) is 3.07. The lowest BCUT2D eigenvalue weighted by atomic mass is 10.1. The Bertz CT molecular complexity index is 647. The van der Waals surface area contributed by atoms with Crippen LogP contribution < -0.4 is 10.6 Å². The molecular weight excluding hydrogens is 260 g/mol. The molecule has 0 aliphatic carbocycles. The first kappa shape index (κ1) is 14.9. The third-order valence-electron chi connectivity index (χ3n) is 3.07. The van der Waals surface area contributed by atoms with Crippen molar-refractivity contribution in [3.8, 4) is 0 Å². The second kappa shape index (κ2) is 7.29. The second-order valence-corrected chi connectivity index (χ2v) is 5.06. The molecule has 21 heavy (non-hydrogen) atoms. The van der Waals surface area contributed by atoms with Crippen molar-refractivity contribution in [2.24, 2.45) is 0 Å². The summed E-state index contributed by atoms with van der Waals surface area (Å²) in [5, 5.41) is 5.53. The molecule has 0 aliphatic rings. The summed E-state index contributed by atoms with van der Waals surface area (Å²) < 4.78 is 0. The molecule has 0 heterocycles. The molecule has 2 aromatic rings. The Morgan fingerprint density at radius 3 is 2.48 bits per heavy atom. The monoisotopic (exact) mass is 280 g/mol. The predicted molar refractivity (Wildman–Crippen MR) is 86.8 cm³/mol. The topological polar surface area (TPSA) is 41.1 Å². The summed E-state index contributed by atoms with van der Waals surface area (Å²) >= 11 is 0. The van der Waals surface area contributed by atoms with Crippen LogP contribution in [0.15, 0.2) is 54.7 Å². The molecule has 2 N–H and O–H groups in total. The fraction of sp³-hybridized carbons (Fsp3) is 0.167. The number of hydrogen-bond acceptors (Lipinski definition) is 1. The van der Waals surface area contributed by atoms with Gasteiger partial charge in [-0.25, -0.2) is 4.79 Å². The van der Waals surface area contributed by atoms with Gasteiger partial charge in [-0.05, 0) is 31.1 Å².